The van der Waals surface area contributed by atoms with E-state index >= 15 is 0 Å². The minimum atomic E-state index is 0.515. The highest BCUT2D eigenvalue weighted by Crippen LogP contribution is 2.34. The number of ether oxygens (including phenoxy) is 2. The van der Waals surface area contributed by atoms with Crippen molar-refractivity contribution in [2.75, 3.05) is 7.11 Å². The molecule has 0 amide bonds. The molecular weight excluding hydrogens is 452 g/mol. The van der Waals surface area contributed by atoms with Gasteiger partial charge in [-0.2, -0.15) is 0 Å². The Morgan fingerprint density at radius 1 is 0.886 bits per heavy atom. The molecule has 178 valence electrons. The zero-order valence-electron chi connectivity index (χ0n) is 20.0. The molecule has 0 spiro atoms. The van der Waals surface area contributed by atoms with Gasteiger partial charge in [0.1, 0.15) is 18.1 Å². The van der Waals surface area contributed by atoms with Gasteiger partial charge in [-0.25, -0.2) is 9.98 Å². The molecule has 4 nitrogen and oxygen atoms in total. The lowest BCUT2D eigenvalue weighted by Crippen LogP contribution is -2.04. The van der Waals surface area contributed by atoms with Crippen LogP contribution >= 0.6 is 11.3 Å². The molecule has 4 aromatic rings. The van der Waals surface area contributed by atoms with Crippen molar-refractivity contribution in [2.24, 2.45) is 4.99 Å². The number of thiazole rings is 1. The Balaban J connectivity index is 1.16. The van der Waals surface area contributed by atoms with Gasteiger partial charge < -0.3 is 9.47 Å². The second-order valence-corrected chi connectivity index (χ2v) is 9.77. The van der Waals surface area contributed by atoms with Crippen LogP contribution in [0.3, 0.4) is 0 Å². The maximum atomic E-state index is 5.89. The zero-order valence-corrected chi connectivity index (χ0v) is 20.8. The molecule has 1 aromatic heterocycles. The van der Waals surface area contributed by atoms with Crippen molar-refractivity contribution in [2.45, 2.75) is 44.6 Å². The predicted octanol–water partition coefficient (Wildman–Crippen LogP) is 8.20. The fraction of sp³-hybridized carbons (Fsp3) is 0.267. The second-order valence-electron chi connectivity index (χ2n) is 8.94. The molecule has 5 heteroatoms. The van der Waals surface area contributed by atoms with Crippen LogP contribution in [-0.4, -0.2) is 18.3 Å². The van der Waals surface area contributed by atoms with E-state index in [0.717, 1.165) is 44.9 Å². The number of rotatable bonds is 8. The smallest absolute Gasteiger partial charge is 0.209 e. The van der Waals surface area contributed by atoms with Gasteiger partial charge in [0.15, 0.2) is 0 Å². The van der Waals surface area contributed by atoms with Crippen LogP contribution in [-0.2, 0) is 6.61 Å². The first-order valence-corrected chi connectivity index (χ1v) is 13.1. The van der Waals surface area contributed by atoms with Gasteiger partial charge in [-0.15, -0.1) is 11.3 Å². The highest BCUT2D eigenvalue weighted by Gasteiger charge is 2.15. The molecule has 1 heterocycles. The van der Waals surface area contributed by atoms with E-state index in [-0.39, 0.29) is 0 Å². The average molecular weight is 483 g/mol. The van der Waals surface area contributed by atoms with Gasteiger partial charge in [0.25, 0.3) is 0 Å². The molecule has 0 saturated heterocycles. The van der Waals surface area contributed by atoms with Crippen molar-refractivity contribution in [1.82, 2.24) is 4.98 Å². The van der Waals surface area contributed by atoms with Crippen molar-refractivity contribution in [1.29, 1.82) is 0 Å². The summed E-state index contributed by atoms with van der Waals surface area (Å²) in [4.78, 5) is 9.30. The number of aromatic nitrogens is 1. The maximum absolute atomic E-state index is 5.89. The van der Waals surface area contributed by atoms with Crippen LogP contribution in [0.15, 0.2) is 83.2 Å². The van der Waals surface area contributed by atoms with Gasteiger partial charge in [0.05, 0.1) is 12.8 Å². The third-order valence-electron chi connectivity index (χ3n) is 6.54. The zero-order chi connectivity index (χ0) is 23.9. The number of hydrogen-bond donors (Lipinski definition) is 0. The van der Waals surface area contributed by atoms with Crippen molar-refractivity contribution in [3.63, 3.8) is 0 Å². The number of nitrogens with zero attached hydrogens (tertiary/aromatic N) is 2. The molecule has 0 unspecified atom stereocenters. The number of methoxy groups -OCH3 is 1. The average Bonchev–Trinajstić information content (AvgIpc) is 3.41. The molecule has 0 N–H and O–H groups in total. The van der Waals surface area contributed by atoms with E-state index in [2.05, 4.69) is 34.6 Å². The van der Waals surface area contributed by atoms with Gasteiger partial charge in [0.2, 0.25) is 5.13 Å². The third kappa shape index (κ3) is 6.17. The first kappa shape index (κ1) is 23.3. The summed E-state index contributed by atoms with van der Waals surface area (Å²) < 4.78 is 11.1. The molecular formula is C30H30N2O2S. The van der Waals surface area contributed by atoms with E-state index in [1.165, 1.54) is 37.7 Å². The lowest BCUT2D eigenvalue weighted by Gasteiger charge is -2.22. The second kappa shape index (κ2) is 11.3. The SMILES string of the molecule is COc1ccc(COc2ccc(C=Nc3nc(-c4ccc(C5CCCCC5)cc4)cs3)cc2)cc1. The highest BCUT2D eigenvalue weighted by molar-refractivity contribution is 7.13. The van der Waals surface area contributed by atoms with Crippen LogP contribution in [0.1, 0.15) is 54.7 Å². The van der Waals surface area contributed by atoms with Gasteiger partial charge in [-0.1, -0.05) is 55.7 Å². The van der Waals surface area contributed by atoms with E-state index in [9.17, 15) is 0 Å². The topological polar surface area (TPSA) is 43.7 Å². The summed E-state index contributed by atoms with van der Waals surface area (Å²) in [5, 5.41) is 2.84. The summed E-state index contributed by atoms with van der Waals surface area (Å²) in [6.45, 7) is 0.515. The Morgan fingerprint density at radius 3 is 2.31 bits per heavy atom. The van der Waals surface area contributed by atoms with Gasteiger partial charge in [-0.3, -0.25) is 0 Å². The normalized spacial score (nSPS) is 14.3. The number of hydrogen-bond acceptors (Lipinski definition) is 5. The molecule has 0 atom stereocenters. The van der Waals surface area contributed by atoms with E-state index in [1.807, 2.05) is 54.7 Å². The Labute approximate surface area is 211 Å². The lowest BCUT2D eigenvalue weighted by molar-refractivity contribution is 0.306. The minimum Gasteiger partial charge on any atom is -0.497 e. The first-order valence-electron chi connectivity index (χ1n) is 12.2. The summed E-state index contributed by atoms with van der Waals surface area (Å²) in [5.41, 5.74) is 5.72. The maximum Gasteiger partial charge on any atom is 0.209 e. The summed E-state index contributed by atoms with van der Waals surface area (Å²) in [6, 6.07) is 24.8. The third-order valence-corrected chi connectivity index (χ3v) is 7.29. The van der Waals surface area contributed by atoms with Crippen molar-refractivity contribution in [3.05, 3.63) is 94.9 Å². The molecule has 5 rings (SSSR count). The lowest BCUT2D eigenvalue weighted by atomic mass is 9.84. The standard InChI is InChI=1S/C30H30N2O2S/c1-33-27-15-9-23(10-16-27)20-34-28-17-7-22(8-18-28)19-31-30-32-29(21-35-30)26-13-11-25(12-14-26)24-5-3-2-4-6-24/h7-19,21,24H,2-6,20H2,1H3. The Hall–Kier alpha value is -3.44. The molecule has 1 fully saturated rings. The molecule has 35 heavy (non-hydrogen) atoms. The predicted molar refractivity (Wildman–Crippen MR) is 144 cm³/mol. The van der Waals surface area contributed by atoms with Crippen molar-refractivity contribution >= 4 is 22.7 Å². The van der Waals surface area contributed by atoms with E-state index in [4.69, 9.17) is 14.5 Å². The van der Waals surface area contributed by atoms with Crippen LogP contribution < -0.4 is 9.47 Å². The summed E-state index contributed by atoms with van der Waals surface area (Å²) in [5.74, 6) is 2.40. The summed E-state index contributed by atoms with van der Waals surface area (Å²) >= 11 is 1.56. The monoisotopic (exact) mass is 482 g/mol. The molecule has 0 aliphatic heterocycles. The number of benzene rings is 3. The summed E-state index contributed by atoms with van der Waals surface area (Å²) in [7, 11) is 1.67. The fourth-order valence-corrected chi connectivity index (χ4v) is 5.16. The van der Waals surface area contributed by atoms with Gasteiger partial charge in [0, 0.05) is 17.2 Å². The van der Waals surface area contributed by atoms with Crippen LogP contribution in [0.2, 0.25) is 0 Å². The van der Waals surface area contributed by atoms with Gasteiger partial charge in [-0.05, 0) is 71.8 Å². The molecule has 1 aliphatic carbocycles. The van der Waals surface area contributed by atoms with E-state index in [1.54, 1.807) is 18.4 Å². The van der Waals surface area contributed by atoms with Gasteiger partial charge >= 0.3 is 0 Å². The number of aliphatic imine (C=N–C) groups is 1. The highest BCUT2D eigenvalue weighted by atomic mass is 32.1. The quantitative estimate of drug-likeness (QED) is 0.238. The first-order chi connectivity index (χ1) is 17.3. The summed E-state index contributed by atoms with van der Waals surface area (Å²) in [6.07, 6.45) is 8.61. The molecule has 1 aliphatic rings. The largest absolute Gasteiger partial charge is 0.497 e. The van der Waals surface area contributed by atoms with E-state index in [0.29, 0.717) is 6.61 Å². The van der Waals surface area contributed by atoms with Crippen molar-refractivity contribution in [3.8, 4) is 22.8 Å². The van der Waals surface area contributed by atoms with Crippen LogP contribution in [0.5, 0.6) is 11.5 Å². The van der Waals surface area contributed by atoms with E-state index < -0.39 is 0 Å². The molecule has 1 saturated carbocycles. The van der Waals surface area contributed by atoms with Crippen LogP contribution in [0.4, 0.5) is 5.13 Å². The molecule has 0 radical (unpaired) electrons. The Kier molecular flexibility index (Phi) is 7.54. The Bertz CT molecular complexity index is 1240. The molecule has 3 aromatic carbocycles. The Morgan fingerprint density at radius 2 is 1.60 bits per heavy atom. The fourth-order valence-electron chi connectivity index (χ4n) is 4.49. The van der Waals surface area contributed by atoms with Crippen molar-refractivity contribution < 1.29 is 9.47 Å². The minimum absolute atomic E-state index is 0.515. The van der Waals surface area contributed by atoms with Crippen LogP contribution in [0.25, 0.3) is 11.3 Å². The molecule has 0 bridgehead atoms. The van der Waals surface area contributed by atoms with Crippen LogP contribution in [0, 0.1) is 0 Å².